The standard InChI is InChI=1S/C15H23N3O2/c1-3-15(4-2)5-7-18(8-6-15)13-9-11(14(19)20)12(16)10-17-13/h9-10H,3-8,16H2,1-2H3,(H,19,20). The van der Waals surface area contributed by atoms with Gasteiger partial charge in [0.15, 0.2) is 0 Å². The number of rotatable bonds is 4. The van der Waals surface area contributed by atoms with Crippen molar-refractivity contribution in [2.75, 3.05) is 23.7 Å². The summed E-state index contributed by atoms with van der Waals surface area (Å²) >= 11 is 0. The third-order valence-corrected chi connectivity index (χ3v) is 4.80. The van der Waals surface area contributed by atoms with E-state index in [0.717, 1.165) is 31.7 Å². The minimum absolute atomic E-state index is 0.137. The van der Waals surface area contributed by atoms with E-state index in [-0.39, 0.29) is 11.3 Å². The molecule has 1 aromatic rings. The maximum atomic E-state index is 11.1. The fourth-order valence-electron chi connectivity index (χ4n) is 2.98. The Morgan fingerprint density at radius 3 is 2.50 bits per heavy atom. The average Bonchev–Trinajstić information content (AvgIpc) is 2.47. The van der Waals surface area contributed by atoms with Crippen molar-refractivity contribution in [1.29, 1.82) is 0 Å². The van der Waals surface area contributed by atoms with Crippen LogP contribution in [0.3, 0.4) is 0 Å². The highest BCUT2D eigenvalue weighted by Gasteiger charge is 2.31. The molecule has 5 nitrogen and oxygen atoms in total. The Balaban J connectivity index is 2.15. The first-order valence-corrected chi connectivity index (χ1v) is 7.25. The summed E-state index contributed by atoms with van der Waals surface area (Å²) in [5.74, 6) is -0.281. The number of anilines is 2. The van der Waals surface area contributed by atoms with Gasteiger partial charge < -0.3 is 15.7 Å². The summed E-state index contributed by atoms with van der Waals surface area (Å²) < 4.78 is 0. The monoisotopic (exact) mass is 277 g/mol. The smallest absolute Gasteiger partial charge is 0.337 e. The largest absolute Gasteiger partial charge is 0.478 e. The third kappa shape index (κ3) is 2.71. The van der Waals surface area contributed by atoms with Gasteiger partial charge in [-0.15, -0.1) is 0 Å². The quantitative estimate of drug-likeness (QED) is 0.884. The molecule has 1 saturated heterocycles. The highest BCUT2D eigenvalue weighted by atomic mass is 16.4. The molecule has 5 heteroatoms. The summed E-state index contributed by atoms with van der Waals surface area (Å²) in [7, 11) is 0. The number of pyridine rings is 1. The van der Waals surface area contributed by atoms with Crippen molar-refractivity contribution in [3.8, 4) is 0 Å². The van der Waals surface area contributed by atoms with Crippen LogP contribution in [0.1, 0.15) is 49.9 Å². The van der Waals surface area contributed by atoms with Gasteiger partial charge in [-0.05, 0) is 24.3 Å². The fraction of sp³-hybridized carbons (Fsp3) is 0.600. The van der Waals surface area contributed by atoms with Crippen LogP contribution in [-0.4, -0.2) is 29.1 Å². The van der Waals surface area contributed by atoms with Crippen LogP contribution in [0.25, 0.3) is 0 Å². The molecule has 20 heavy (non-hydrogen) atoms. The molecular formula is C15H23N3O2. The SMILES string of the molecule is CCC1(CC)CCN(c2cc(C(=O)O)c(N)cn2)CC1. The summed E-state index contributed by atoms with van der Waals surface area (Å²) in [4.78, 5) is 17.6. The molecule has 0 radical (unpaired) electrons. The maximum Gasteiger partial charge on any atom is 0.337 e. The number of carboxylic acid groups (broad SMARTS) is 1. The van der Waals surface area contributed by atoms with Crippen LogP contribution in [0.4, 0.5) is 11.5 Å². The molecule has 1 aliphatic heterocycles. The summed E-state index contributed by atoms with van der Waals surface area (Å²) in [6, 6.07) is 1.59. The second kappa shape index (κ2) is 5.69. The maximum absolute atomic E-state index is 11.1. The molecule has 1 aliphatic rings. The molecule has 3 N–H and O–H groups in total. The van der Waals surface area contributed by atoms with Gasteiger partial charge in [0, 0.05) is 13.1 Å². The minimum Gasteiger partial charge on any atom is -0.478 e. The molecule has 0 unspecified atom stereocenters. The number of nitrogens with zero attached hydrogens (tertiary/aromatic N) is 2. The first kappa shape index (κ1) is 14.6. The van der Waals surface area contributed by atoms with Crippen LogP contribution in [0.2, 0.25) is 0 Å². The van der Waals surface area contributed by atoms with E-state index < -0.39 is 5.97 Å². The summed E-state index contributed by atoms with van der Waals surface area (Å²) in [6.07, 6.45) is 6.11. The Kier molecular flexibility index (Phi) is 4.16. The van der Waals surface area contributed by atoms with E-state index in [1.165, 1.54) is 19.0 Å². The van der Waals surface area contributed by atoms with Gasteiger partial charge in [0.2, 0.25) is 0 Å². The lowest BCUT2D eigenvalue weighted by molar-refractivity contribution is 0.0698. The van der Waals surface area contributed by atoms with Gasteiger partial charge in [0.25, 0.3) is 0 Å². The van der Waals surface area contributed by atoms with E-state index >= 15 is 0 Å². The van der Waals surface area contributed by atoms with E-state index in [2.05, 4.69) is 23.7 Å². The highest BCUT2D eigenvalue weighted by Crippen LogP contribution is 2.38. The molecule has 1 aromatic heterocycles. The lowest BCUT2D eigenvalue weighted by Crippen LogP contribution is -2.40. The first-order valence-electron chi connectivity index (χ1n) is 7.25. The number of carbonyl (C=O) groups is 1. The Hall–Kier alpha value is -1.78. The lowest BCUT2D eigenvalue weighted by atomic mass is 9.74. The van der Waals surface area contributed by atoms with Crippen molar-refractivity contribution in [2.45, 2.75) is 39.5 Å². The molecule has 2 heterocycles. The second-order valence-electron chi connectivity index (χ2n) is 5.63. The van der Waals surface area contributed by atoms with E-state index in [4.69, 9.17) is 10.8 Å². The van der Waals surface area contributed by atoms with Crippen LogP contribution in [0.15, 0.2) is 12.3 Å². The van der Waals surface area contributed by atoms with Gasteiger partial charge >= 0.3 is 5.97 Å². The van der Waals surface area contributed by atoms with Crippen molar-refractivity contribution >= 4 is 17.5 Å². The molecule has 2 rings (SSSR count). The average molecular weight is 277 g/mol. The van der Waals surface area contributed by atoms with E-state index in [9.17, 15) is 4.79 Å². The molecular weight excluding hydrogens is 254 g/mol. The van der Waals surface area contributed by atoms with Gasteiger partial charge in [-0.1, -0.05) is 26.7 Å². The van der Waals surface area contributed by atoms with Gasteiger partial charge in [0.05, 0.1) is 17.4 Å². The van der Waals surface area contributed by atoms with Crippen LogP contribution in [0, 0.1) is 5.41 Å². The zero-order chi connectivity index (χ0) is 14.8. The fourth-order valence-corrected chi connectivity index (χ4v) is 2.98. The van der Waals surface area contributed by atoms with Gasteiger partial charge in [-0.25, -0.2) is 9.78 Å². The van der Waals surface area contributed by atoms with Crippen molar-refractivity contribution in [1.82, 2.24) is 4.98 Å². The molecule has 0 spiro atoms. The molecule has 0 aliphatic carbocycles. The number of hydrogen-bond acceptors (Lipinski definition) is 4. The van der Waals surface area contributed by atoms with Crippen LogP contribution in [-0.2, 0) is 0 Å². The summed E-state index contributed by atoms with van der Waals surface area (Å²) in [6.45, 7) is 6.36. The lowest BCUT2D eigenvalue weighted by Gasteiger charge is -2.41. The molecule has 0 bridgehead atoms. The van der Waals surface area contributed by atoms with Gasteiger partial charge in [0.1, 0.15) is 5.82 Å². The first-order chi connectivity index (χ1) is 9.51. The highest BCUT2D eigenvalue weighted by molar-refractivity contribution is 5.94. The zero-order valence-electron chi connectivity index (χ0n) is 12.2. The number of aromatic carboxylic acids is 1. The topological polar surface area (TPSA) is 79.5 Å². The number of hydrogen-bond donors (Lipinski definition) is 2. The molecule has 1 fully saturated rings. The van der Waals surface area contributed by atoms with Crippen LogP contribution in [0.5, 0.6) is 0 Å². The van der Waals surface area contributed by atoms with E-state index in [1.807, 2.05) is 0 Å². The molecule has 0 amide bonds. The molecule has 0 atom stereocenters. The molecule has 0 aromatic carbocycles. The third-order valence-electron chi connectivity index (χ3n) is 4.80. The number of nitrogen functional groups attached to an aromatic ring is 1. The summed E-state index contributed by atoms with van der Waals surface area (Å²) in [5.41, 5.74) is 6.44. The number of nitrogens with two attached hydrogens (primary N) is 1. The minimum atomic E-state index is -1.00. The summed E-state index contributed by atoms with van der Waals surface area (Å²) in [5, 5.41) is 9.12. The second-order valence-corrected chi connectivity index (χ2v) is 5.63. The van der Waals surface area contributed by atoms with Crippen molar-refractivity contribution < 1.29 is 9.90 Å². The molecule has 110 valence electrons. The predicted molar refractivity (Wildman–Crippen MR) is 80.1 cm³/mol. The number of carboxylic acids is 1. The van der Waals surface area contributed by atoms with Crippen molar-refractivity contribution in [3.05, 3.63) is 17.8 Å². The Bertz CT molecular complexity index is 488. The zero-order valence-corrected chi connectivity index (χ0v) is 12.2. The van der Waals surface area contributed by atoms with Gasteiger partial charge in [-0.3, -0.25) is 0 Å². The number of piperidine rings is 1. The normalized spacial score (nSPS) is 18.0. The Morgan fingerprint density at radius 2 is 2.00 bits per heavy atom. The predicted octanol–water partition coefficient (Wildman–Crippen LogP) is 2.77. The van der Waals surface area contributed by atoms with E-state index in [0.29, 0.717) is 5.41 Å². The Labute approximate surface area is 119 Å². The van der Waals surface area contributed by atoms with Crippen LogP contribution < -0.4 is 10.6 Å². The number of aromatic nitrogens is 1. The van der Waals surface area contributed by atoms with Crippen molar-refractivity contribution in [3.63, 3.8) is 0 Å². The Morgan fingerprint density at radius 1 is 1.40 bits per heavy atom. The van der Waals surface area contributed by atoms with Gasteiger partial charge in [-0.2, -0.15) is 0 Å². The van der Waals surface area contributed by atoms with Crippen molar-refractivity contribution in [2.24, 2.45) is 5.41 Å². The van der Waals surface area contributed by atoms with E-state index in [1.54, 1.807) is 6.07 Å². The van der Waals surface area contributed by atoms with Crippen LogP contribution >= 0.6 is 0 Å². The molecule has 0 saturated carbocycles.